The average Bonchev–Trinajstić information content (AvgIpc) is 3.36. The average molecular weight is 546 g/mol. The van der Waals surface area contributed by atoms with E-state index in [0.29, 0.717) is 4.90 Å². The third-order valence-corrected chi connectivity index (χ3v) is 8.61. The van der Waals surface area contributed by atoms with E-state index >= 15 is 4.39 Å². The van der Waals surface area contributed by atoms with Gasteiger partial charge in [-0.3, -0.25) is 4.79 Å². The van der Waals surface area contributed by atoms with Gasteiger partial charge < -0.3 is 18.8 Å². The summed E-state index contributed by atoms with van der Waals surface area (Å²) in [5, 5.41) is 0.0237. The first kappa shape index (κ1) is 21.3. The quantitative estimate of drug-likeness (QED) is 0.235. The van der Waals surface area contributed by atoms with Crippen LogP contribution in [0.25, 0.3) is 22.2 Å². The number of amides is 1. The third-order valence-electron chi connectivity index (χ3n) is 7.09. The fourth-order valence-corrected chi connectivity index (χ4v) is 6.50. The predicted octanol–water partition coefficient (Wildman–Crippen LogP) is 5.95. The second kappa shape index (κ2) is 8.43. The molecule has 11 heteroatoms. The number of carbonyl (C=O) groups excluding carboxylic acids is 1. The Labute approximate surface area is 219 Å². The van der Waals surface area contributed by atoms with Gasteiger partial charge in [0.05, 0.1) is 17.6 Å². The van der Waals surface area contributed by atoms with E-state index in [4.69, 9.17) is 8.85 Å². The molecule has 2 aliphatic rings. The number of halogens is 4. The highest BCUT2D eigenvalue weighted by molar-refractivity contribution is 7.70. The predicted molar refractivity (Wildman–Crippen MR) is 135 cm³/mol. The van der Waals surface area contributed by atoms with Crippen molar-refractivity contribution in [1.82, 2.24) is 14.5 Å². The number of imidazole rings is 1. The standard InChI is InChI=1S/C27H22F4N3O3P/c1-33-19-12-18(22-15(26(33)35)5-4-6-20(22)37-27(30)31)34-24-17(32-25(19)34)9-8-14(23(24)29)13-7-10-21(16(28)11-13)38(2,3)36/h4-11,18-19,27H,12H2,1-3H3/t18-,19-/m1/s1/i1D3. The summed E-state index contributed by atoms with van der Waals surface area (Å²) in [7, 11) is -2.93. The van der Waals surface area contributed by atoms with Gasteiger partial charge in [-0.05, 0) is 55.3 Å². The Bertz CT molecular complexity index is 1800. The molecule has 3 heterocycles. The maximum Gasteiger partial charge on any atom is 0.387 e. The lowest BCUT2D eigenvalue weighted by molar-refractivity contribution is -0.0507. The van der Waals surface area contributed by atoms with Crippen molar-refractivity contribution in [1.29, 1.82) is 0 Å². The van der Waals surface area contributed by atoms with E-state index < -0.39 is 50.4 Å². The molecule has 6 nitrogen and oxygen atoms in total. The van der Waals surface area contributed by atoms with Crippen molar-refractivity contribution in [2.45, 2.75) is 25.1 Å². The molecule has 0 saturated carbocycles. The van der Waals surface area contributed by atoms with Crippen molar-refractivity contribution in [3.05, 3.63) is 77.1 Å². The molecular weight excluding hydrogens is 521 g/mol. The molecule has 0 N–H and O–H groups in total. The highest BCUT2D eigenvalue weighted by Gasteiger charge is 2.45. The minimum atomic E-state index is -3.24. The Hall–Kier alpha value is -3.65. The summed E-state index contributed by atoms with van der Waals surface area (Å²) in [6, 6.07) is 8.51. The van der Waals surface area contributed by atoms with Gasteiger partial charge in [-0.15, -0.1) is 0 Å². The second-order valence-corrected chi connectivity index (χ2v) is 12.9. The van der Waals surface area contributed by atoms with Gasteiger partial charge in [0, 0.05) is 39.5 Å². The first-order chi connectivity index (χ1) is 19.2. The Morgan fingerprint density at radius 3 is 2.58 bits per heavy atom. The first-order valence-electron chi connectivity index (χ1n) is 13.2. The van der Waals surface area contributed by atoms with E-state index in [1.807, 2.05) is 0 Å². The van der Waals surface area contributed by atoms with Crippen molar-refractivity contribution in [2.75, 3.05) is 20.3 Å². The van der Waals surface area contributed by atoms with E-state index in [2.05, 4.69) is 4.98 Å². The summed E-state index contributed by atoms with van der Waals surface area (Å²) in [6.45, 7) is -3.32. The van der Waals surface area contributed by atoms with Crippen molar-refractivity contribution < 1.29 is 35.8 Å². The monoisotopic (exact) mass is 546 g/mol. The SMILES string of the molecule is [2H]C([2H])([2H])N1C(=O)c2cccc(OC(F)F)c2[C@H]2C[C@@H]1c1nc3ccc(-c4ccc(P(C)(C)=O)c(F)c4)c(F)c3n12. The fourth-order valence-electron chi connectivity index (χ4n) is 5.48. The minimum absolute atomic E-state index is 0.00514. The largest absolute Gasteiger partial charge is 0.434 e. The van der Waals surface area contributed by atoms with Gasteiger partial charge in [-0.25, -0.2) is 13.8 Å². The summed E-state index contributed by atoms with van der Waals surface area (Å²) in [5.74, 6) is -2.74. The van der Waals surface area contributed by atoms with Gasteiger partial charge >= 0.3 is 6.61 Å². The number of ether oxygens (including phenoxy) is 1. The molecule has 2 atom stereocenters. The van der Waals surface area contributed by atoms with Crippen LogP contribution in [-0.4, -0.2) is 47.3 Å². The normalized spacial score (nSPS) is 20.1. The molecule has 38 heavy (non-hydrogen) atoms. The summed E-state index contributed by atoms with van der Waals surface area (Å²) < 4.78 is 101. The van der Waals surface area contributed by atoms with Crippen molar-refractivity contribution >= 4 is 29.4 Å². The van der Waals surface area contributed by atoms with E-state index in [-0.39, 0.29) is 56.6 Å². The molecule has 4 aromatic rings. The zero-order valence-corrected chi connectivity index (χ0v) is 21.0. The lowest BCUT2D eigenvalue weighted by atomic mass is 9.97. The Balaban J connectivity index is 1.62. The molecule has 196 valence electrons. The van der Waals surface area contributed by atoms with Crippen LogP contribution in [0.15, 0.2) is 48.5 Å². The van der Waals surface area contributed by atoms with Crippen LogP contribution in [0.4, 0.5) is 17.6 Å². The Morgan fingerprint density at radius 2 is 1.89 bits per heavy atom. The van der Waals surface area contributed by atoms with Crippen LogP contribution in [-0.2, 0) is 4.57 Å². The lowest BCUT2D eigenvalue weighted by Gasteiger charge is -2.24. The second-order valence-electron chi connectivity index (χ2n) is 9.69. The summed E-state index contributed by atoms with van der Waals surface area (Å²) >= 11 is 0. The molecule has 0 aliphatic carbocycles. The number of carbonyl (C=O) groups is 1. The molecule has 0 spiro atoms. The van der Waals surface area contributed by atoms with E-state index in [1.165, 1.54) is 60.4 Å². The number of fused-ring (bicyclic) bond motifs is 9. The number of hydrogen-bond acceptors (Lipinski definition) is 4. The number of rotatable bonds is 4. The maximum absolute atomic E-state index is 16.4. The number of nitrogens with zero attached hydrogens (tertiary/aromatic N) is 3. The highest BCUT2D eigenvalue weighted by Crippen LogP contribution is 2.50. The van der Waals surface area contributed by atoms with Crippen LogP contribution in [0.1, 0.15) is 44.4 Å². The fraction of sp³-hybridized carbons (Fsp3) is 0.259. The molecule has 0 saturated heterocycles. The van der Waals surface area contributed by atoms with Crippen molar-refractivity contribution in [3.63, 3.8) is 0 Å². The Morgan fingerprint density at radius 1 is 1.11 bits per heavy atom. The number of aromatic nitrogens is 2. The number of alkyl halides is 2. The first-order valence-corrected chi connectivity index (χ1v) is 14.3. The lowest BCUT2D eigenvalue weighted by Crippen LogP contribution is -2.30. The molecular formula is C27H22F4N3O3P. The molecule has 0 radical (unpaired) electrons. The zero-order chi connectivity index (χ0) is 29.6. The van der Waals surface area contributed by atoms with E-state index in [9.17, 15) is 22.5 Å². The molecule has 2 bridgehead atoms. The van der Waals surface area contributed by atoms with Crippen LogP contribution >= 0.6 is 7.14 Å². The van der Waals surface area contributed by atoms with E-state index in [1.54, 1.807) is 0 Å². The molecule has 2 aliphatic heterocycles. The minimum Gasteiger partial charge on any atom is -0.434 e. The molecule has 3 aromatic carbocycles. The zero-order valence-electron chi connectivity index (χ0n) is 23.1. The molecule has 0 fully saturated rings. The van der Waals surface area contributed by atoms with Crippen LogP contribution in [0.5, 0.6) is 5.75 Å². The molecule has 1 amide bonds. The van der Waals surface area contributed by atoms with Gasteiger partial charge in [0.25, 0.3) is 5.91 Å². The van der Waals surface area contributed by atoms with Crippen LogP contribution in [0.2, 0.25) is 0 Å². The van der Waals surface area contributed by atoms with Crippen LogP contribution < -0.4 is 10.0 Å². The molecule has 0 unspecified atom stereocenters. The summed E-state index contributed by atoms with van der Waals surface area (Å²) in [5.41, 5.74) is 0.0610. The topological polar surface area (TPSA) is 64.4 Å². The van der Waals surface area contributed by atoms with Crippen LogP contribution in [0, 0.1) is 11.6 Å². The molecule has 1 aromatic heterocycles. The third kappa shape index (κ3) is 3.57. The molecule has 6 rings (SSSR count). The summed E-state index contributed by atoms with van der Waals surface area (Å²) in [6.07, 6.45) is -0.0751. The van der Waals surface area contributed by atoms with Gasteiger partial charge in [0.2, 0.25) is 0 Å². The maximum atomic E-state index is 16.4. The number of benzene rings is 3. The van der Waals surface area contributed by atoms with Gasteiger partial charge in [-0.1, -0.05) is 12.1 Å². The van der Waals surface area contributed by atoms with Gasteiger partial charge in [-0.2, -0.15) is 8.78 Å². The van der Waals surface area contributed by atoms with Crippen LogP contribution in [0.3, 0.4) is 0 Å². The van der Waals surface area contributed by atoms with Crippen molar-refractivity contribution in [2.24, 2.45) is 0 Å². The van der Waals surface area contributed by atoms with Crippen molar-refractivity contribution in [3.8, 4) is 16.9 Å². The summed E-state index contributed by atoms with van der Waals surface area (Å²) in [4.78, 5) is 18.7. The van der Waals surface area contributed by atoms with Gasteiger partial charge in [0.15, 0.2) is 5.82 Å². The number of hydrogen-bond donors (Lipinski definition) is 0. The van der Waals surface area contributed by atoms with E-state index in [0.717, 1.165) is 6.07 Å². The smallest absolute Gasteiger partial charge is 0.387 e. The Kier molecular flexibility index (Phi) is 4.72. The van der Waals surface area contributed by atoms with Gasteiger partial charge in [0.1, 0.15) is 30.0 Å². The highest BCUT2D eigenvalue weighted by atomic mass is 31.2.